The van der Waals surface area contributed by atoms with Crippen LogP contribution in [-0.2, 0) is 0 Å². The molecule has 1 saturated heterocycles. The quantitative estimate of drug-likeness (QED) is 0.747. The lowest BCUT2D eigenvalue weighted by molar-refractivity contribution is 0.0546. The van der Waals surface area contributed by atoms with Crippen molar-refractivity contribution in [3.63, 3.8) is 0 Å². The van der Waals surface area contributed by atoms with Gasteiger partial charge in [0.15, 0.2) is 0 Å². The Morgan fingerprint density at radius 1 is 1.45 bits per heavy atom. The van der Waals surface area contributed by atoms with Crippen LogP contribution in [-0.4, -0.2) is 41.7 Å². The van der Waals surface area contributed by atoms with Crippen molar-refractivity contribution in [2.24, 2.45) is 5.73 Å². The highest BCUT2D eigenvalue weighted by Crippen LogP contribution is 2.18. The van der Waals surface area contributed by atoms with Gasteiger partial charge in [0.05, 0.1) is 12.6 Å². The second kappa shape index (κ2) is 6.56. The lowest BCUT2D eigenvalue weighted by Crippen LogP contribution is -2.40. The zero-order valence-electron chi connectivity index (χ0n) is 11.7. The lowest BCUT2D eigenvalue weighted by Gasteiger charge is -2.30. The first-order valence-corrected chi connectivity index (χ1v) is 6.89. The molecule has 0 radical (unpaired) electrons. The van der Waals surface area contributed by atoms with Crippen molar-refractivity contribution < 1.29 is 9.90 Å². The number of nitrogens with zero attached hydrogens (tertiary/aromatic N) is 1. The van der Waals surface area contributed by atoms with Crippen molar-refractivity contribution in [2.75, 3.05) is 19.6 Å². The first-order valence-electron chi connectivity index (χ1n) is 6.89. The van der Waals surface area contributed by atoms with Crippen LogP contribution in [0.3, 0.4) is 0 Å². The highest BCUT2D eigenvalue weighted by molar-refractivity contribution is 5.96. The summed E-state index contributed by atoms with van der Waals surface area (Å²) in [6, 6.07) is 5.57. The molecule has 0 spiro atoms. The van der Waals surface area contributed by atoms with Crippen LogP contribution < -0.4 is 5.73 Å². The lowest BCUT2D eigenvalue weighted by atomic mass is 10.00. The molecular weight excluding hydrogens is 252 g/mol. The molecule has 3 N–H and O–H groups in total. The van der Waals surface area contributed by atoms with Crippen molar-refractivity contribution >= 4 is 5.91 Å². The number of carbonyl (C=O) groups is 1. The van der Waals surface area contributed by atoms with Crippen LogP contribution in [0.15, 0.2) is 18.2 Å². The SMILES string of the molecule is Cc1c(C#CCN)cccc1C(=O)N1CCC(O)CC1. The number of likely N-dealkylation sites (tertiary alicyclic amines) is 1. The number of nitrogens with two attached hydrogens (primary N) is 1. The monoisotopic (exact) mass is 272 g/mol. The molecule has 1 aliphatic heterocycles. The molecule has 2 rings (SSSR count). The number of carbonyl (C=O) groups excluding carboxylic acids is 1. The predicted octanol–water partition coefficient (Wildman–Crippen LogP) is 0.902. The summed E-state index contributed by atoms with van der Waals surface area (Å²) in [7, 11) is 0. The molecule has 4 nitrogen and oxygen atoms in total. The van der Waals surface area contributed by atoms with Gasteiger partial charge in [-0.2, -0.15) is 0 Å². The number of benzene rings is 1. The van der Waals surface area contributed by atoms with E-state index in [1.165, 1.54) is 0 Å². The van der Waals surface area contributed by atoms with Crippen molar-refractivity contribution in [2.45, 2.75) is 25.9 Å². The maximum absolute atomic E-state index is 12.5. The van der Waals surface area contributed by atoms with E-state index in [2.05, 4.69) is 11.8 Å². The minimum atomic E-state index is -0.276. The highest BCUT2D eigenvalue weighted by atomic mass is 16.3. The number of piperidine rings is 1. The van der Waals surface area contributed by atoms with Gasteiger partial charge in [0.2, 0.25) is 0 Å². The molecule has 1 amide bonds. The van der Waals surface area contributed by atoms with Gasteiger partial charge in [0, 0.05) is 24.2 Å². The normalized spacial score (nSPS) is 15.7. The van der Waals surface area contributed by atoms with Gasteiger partial charge in [0.1, 0.15) is 0 Å². The maximum Gasteiger partial charge on any atom is 0.254 e. The second-order valence-electron chi connectivity index (χ2n) is 5.01. The maximum atomic E-state index is 12.5. The molecule has 4 heteroatoms. The third-order valence-electron chi connectivity index (χ3n) is 3.64. The van der Waals surface area contributed by atoms with E-state index in [1.807, 2.05) is 25.1 Å². The first kappa shape index (κ1) is 14.6. The summed E-state index contributed by atoms with van der Waals surface area (Å²) >= 11 is 0. The Balaban J connectivity index is 2.22. The largest absolute Gasteiger partial charge is 0.393 e. The fourth-order valence-corrected chi connectivity index (χ4v) is 2.39. The Morgan fingerprint density at radius 2 is 2.15 bits per heavy atom. The topological polar surface area (TPSA) is 66.6 Å². The van der Waals surface area contributed by atoms with Gasteiger partial charge in [0.25, 0.3) is 5.91 Å². The number of hydrogen-bond donors (Lipinski definition) is 2. The minimum absolute atomic E-state index is 0.0193. The Kier molecular flexibility index (Phi) is 4.78. The average molecular weight is 272 g/mol. The van der Waals surface area contributed by atoms with Crippen molar-refractivity contribution in [3.8, 4) is 11.8 Å². The van der Waals surface area contributed by atoms with Gasteiger partial charge in [-0.05, 0) is 37.5 Å². The number of aliphatic hydroxyl groups excluding tert-OH is 1. The van der Waals surface area contributed by atoms with E-state index in [-0.39, 0.29) is 12.0 Å². The number of rotatable bonds is 1. The number of aliphatic hydroxyl groups is 1. The summed E-state index contributed by atoms with van der Waals surface area (Å²) < 4.78 is 0. The van der Waals surface area contributed by atoms with E-state index in [4.69, 9.17) is 5.73 Å². The van der Waals surface area contributed by atoms with E-state index < -0.39 is 0 Å². The van der Waals surface area contributed by atoms with Crippen molar-refractivity contribution in [1.82, 2.24) is 4.90 Å². The standard InChI is InChI=1S/C16H20N2O2/c1-12-13(5-3-9-17)4-2-6-15(12)16(20)18-10-7-14(19)8-11-18/h2,4,6,14,19H,7-11,17H2,1H3. The molecule has 1 heterocycles. The van der Waals surface area contributed by atoms with Crippen LogP contribution in [0.25, 0.3) is 0 Å². The Bertz CT molecular complexity index is 549. The molecular formula is C16H20N2O2. The molecule has 0 saturated carbocycles. The molecule has 0 bridgehead atoms. The summed E-state index contributed by atoms with van der Waals surface area (Å²) in [6.07, 6.45) is 1.02. The summed E-state index contributed by atoms with van der Waals surface area (Å²) in [4.78, 5) is 14.3. The van der Waals surface area contributed by atoms with Crippen LogP contribution in [0.4, 0.5) is 0 Å². The number of hydrogen-bond acceptors (Lipinski definition) is 3. The zero-order valence-corrected chi connectivity index (χ0v) is 11.7. The molecule has 1 aromatic rings. The smallest absolute Gasteiger partial charge is 0.254 e. The van der Waals surface area contributed by atoms with Crippen molar-refractivity contribution in [1.29, 1.82) is 0 Å². The van der Waals surface area contributed by atoms with Gasteiger partial charge < -0.3 is 15.7 Å². The van der Waals surface area contributed by atoms with Crippen LogP contribution in [0.1, 0.15) is 34.3 Å². The van der Waals surface area contributed by atoms with Gasteiger partial charge in [-0.3, -0.25) is 4.79 Å². The van der Waals surface area contributed by atoms with Gasteiger partial charge in [-0.25, -0.2) is 0 Å². The van der Waals surface area contributed by atoms with Gasteiger partial charge >= 0.3 is 0 Å². The minimum Gasteiger partial charge on any atom is -0.393 e. The average Bonchev–Trinajstić information content (AvgIpc) is 2.46. The first-order chi connectivity index (χ1) is 9.63. The third kappa shape index (κ3) is 3.19. The third-order valence-corrected chi connectivity index (χ3v) is 3.64. The Morgan fingerprint density at radius 3 is 2.80 bits per heavy atom. The molecule has 0 unspecified atom stereocenters. The Labute approximate surface area is 119 Å². The highest BCUT2D eigenvalue weighted by Gasteiger charge is 2.23. The number of amides is 1. The summed E-state index contributed by atoms with van der Waals surface area (Å²) in [5, 5.41) is 9.51. The van der Waals surface area contributed by atoms with Crippen LogP contribution in [0, 0.1) is 18.8 Å². The summed E-state index contributed by atoms with van der Waals surface area (Å²) in [6.45, 7) is 3.43. The summed E-state index contributed by atoms with van der Waals surface area (Å²) in [5.41, 5.74) is 7.81. The van der Waals surface area contributed by atoms with E-state index in [9.17, 15) is 9.90 Å². The van der Waals surface area contributed by atoms with E-state index in [1.54, 1.807) is 4.90 Å². The molecule has 1 aromatic carbocycles. The molecule has 0 aliphatic carbocycles. The van der Waals surface area contributed by atoms with Crippen LogP contribution in [0.2, 0.25) is 0 Å². The molecule has 0 aromatic heterocycles. The Hall–Kier alpha value is -1.83. The summed E-state index contributed by atoms with van der Waals surface area (Å²) in [5.74, 6) is 5.83. The fourth-order valence-electron chi connectivity index (χ4n) is 2.39. The molecule has 20 heavy (non-hydrogen) atoms. The van der Waals surface area contributed by atoms with E-state index >= 15 is 0 Å². The zero-order chi connectivity index (χ0) is 14.5. The molecule has 106 valence electrons. The van der Waals surface area contributed by atoms with Gasteiger partial charge in [-0.1, -0.05) is 17.9 Å². The van der Waals surface area contributed by atoms with Crippen LogP contribution in [0.5, 0.6) is 0 Å². The van der Waals surface area contributed by atoms with E-state index in [0.717, 1.165) is 11.1 Å². The van der Waals surface area contributed by atoms with Crippen LogP contribution >= 0.6 is 0 Å². The molecule has 1 aliphatic rings. The molecule has 1 fully saturated rings. The second-order valence-corrected chi connectivity index (χ2v) is 5.01. The fraction of sp³-hybridized carbons (Fsp3) is 0.438. The predicted molar refractivity (Wildman–Crippen MR) is 78.3 cm³/mol. The van der Waals surface area contributed by atoms with E-state index in [0.29, 0.717) is 38.0 Å². The van der Waals surface area contributed by atoms with Gasteiger partial charge in [-0.15, -0.1) is 0 Å². The molecule has 0 atom stereocenters. The van der Waals surface area contributed by atoms with Crippen molar-refractivity contribution in [3.05, 3.63) is 34.9 Å².